The predicted molar refractivity (Wildman–Crippen MR) is 132 cm³/mol. The molecule has 5 aromatic rings. The lowest BCUT2D eigenvalue weighted by atomic mass is 9.86. The van der Waals surface area contributed by atoms with Crippen molar-refractivity contribution in [2.45, 2.75) is 0 Å². The average Bonchev–Trinajstić information content (AvgIpc) is 2.85. The third kappa shape index (κ3) is 3.75. The molecule has 2 N–H and O–H groups in total. The largest absolute Gasteiger partial charge is 0.508 e. The molecule has 0 aromatic heterocycles. The maximum absolute atomic E-state index is 10.9. The Balaban J connectivity index is 1.75. The van der Waals surface area contributed by atoms with Crippen LogP contribution in [0.2, 0.25) is 0 Å². The Morgan fingerprint density at radius 1 is 0.375 bits per heavy atom. The van der Waals surface area contributed by atoms with Crippen LogP contribution in [0.1, 0.15) is 0 Å². The number of aromatic hydroxyl groups is 2. The van der Waals surface area contributed by atoms with Crippen molar-refractivity contribution in [2.24, 2.45) is 0 Å². The van der Waals surface area contributed by atoms with Gasteiger partial charge in [0.2, 0.25) is 0 Å². The van der Waals surface area contributed by atoms with Crippen molar-refractivity contribution < 1.29 is 10.2 Å². The first kappa shape index (κ1) is 19.7. The molecule has 0 aliphatic carbocycles. The van der Waals surface area contributed by atoms with Gasteiger partial charge in [0, 0.05) is 11.1 Å². The van der Waals surface area contributed by atoms with Gasteiger partial charge in [0.1, 0.15) is 11.5 Å². The summed E-state index contributed by atoms with van der Waals surface area (Å²) in [6.07, 6.45) is 0. The van der Waals surface area contributed by atoms with Crippen LogP contribution < -0.4 is 0 Å². The Bertz CT molecular complexity index is 1360. The number of hydrogen-bond acceptors (Lipinski definition) is 2. The maximum atomic E-state index is 10.9. The monoisotopic (exact) mass is 414 g/mol. The molecule has 0 fully saturated rings. The quantitative estimate of drug-likeness (QED) is 0.315. The van der Waals surface area contributed by atoms with Crippen molar-refractivity contribution in [3.8, 4) is 56.0 Å². The van der Waals surface area contributed by atoms with Gasteiger partial charge in [0.15, 0.2) is 0 Å². The Morgan fingerprint density at radius 2 is 0.938 bits per heavy atom. The van der Waals surface area contributed by atoms with Crippen LogP contribution in [-0.2, 0) is 0 Å². The second-order valence-corrected chi connectivity index (χ2v) is 7.74. The average molecular weight is 415 g/mol. The minimum Gasteiger partial charge on any atom is -0.508 e. The SMILES string of the molecule is Oc1ccc(-c2cccc(-c3ccc(O)c(-c4ccccc4)c3-c3ccccc3)c2)cc1. The van der Waals surface area contributed by atoms with Gasteiger partial charge in [-0.25, -0.2) is 0 Å². The van der Waals surface area contributed by atoms with E-state index in [9.17, 15) is 10.2 Å². The molecule has 0 atom stereocenters. The van der Waals surface area contributed by atoms with Gasteiger partial charge in [-0.3, -0.25) is 0 Å². The molecular weight excluding hydrogens is 392 g/mol. The molecule has 5 aromatic carbocycles. The molecule has 0 aliphatic rings. The van der Waals surface area contributed by atoms with Crippen LogP contribution >= 0.6 is 0 Å². The number of benzene rings is 5. The topological polar surface area (TPSA) is 40.5 Å². The Kier molecular flexibility index (Phi) is 5.19. The predicted octanol–water partition coefficient (Wildman–Crippen LogP) is 7.77. The molecule has 0 unspecified atom stereocenters. The first-order valence-corrected chi connectivity index (χ1v) is 10.6. The third-order valence-electron chi connectivity index (χ3n) is 5.68. The Morgan fingerprint density at radius 3 is 1.59 bits per heavy atom. The molecule has 0 saturated heterocycles. The Labute approximate surface area is 187 Å². The molecule has 32 heavy (non-hydrogen) atoms. The first-order chi connectivity index (χ1) is 15.7. The van der Waals surface area contributed by atoms with Crippen LogP contribution in [0.3, 0.4) is 0 Å². The van der Waals surface area contributed by atoms with Crippen molar-refractivity contribution in [3.05, 3.63) is 121 Å². The highest BCUT2D eigenvalue weighted by atomic mass is 16.3. The van der Waals surface area contributed by atoms with Gasteiger partial charge in [-0.2, -0.15) is 0 Å². The molecule has 0 heterocycles. The number of hydrogen-bond donors (Lipinski definition) is 2. The van der Waals surface area contributed by atoms with Gasteiger partial charge < -0.3 is 10.2 Å². The second kappa shape index (κ2) is 8.44. The van der Waals surface area contributed by atoms with E-state index in [1.165, 1.54) is 0 Å². The fraction of sp³-hybridized carbons (Fsp3) is 0. The molecule has 0 radical (unpaired) electrons. The molecule has 2 nitrogen and oxygen atoms in total. The highest BCUT2D eigenvalue weighted by Gasteiger charge is 2.18. The van der Waals surface area contributed by atoms with Crippen LogP contribution in [0.4, 0.5) is 0 Å². The zero-order chi connectivity index (χ0) is 21.9. The van der Waals surface area contributed by atoms with Gasteiger partial charge in [-0.1, -0.05) is 97.1 Å². The first-order valence-electron chi connectivity index (χ1n) is 10.6. The van der Waals surface area contributed by atoms with Crippen molar-refractivity contribution in [1.82, 2.24) is 0 Å². The van der Waals surface area contributed by atoms with Crippen LogP contribution in [0.15, 0.2) is 121 Å². The highest BCUT2D eigenvalue weighted by molar-refractivity contribution is 5.97. The summed E-state index contributed by atoms with van der Waals surface area (Å²) >= 11 is 0. The van der Waals surface area contributed by atoms with E-state index < -0.39 is 0 Å². The number of phenolic OH excluding ortho intramolecular Hbond substituents is 2. The highest BCUT2D eigenvalue weighted by Crippen LogP contribution is 2.45. The van der Waals surface area contributed by atoms with Gasteiger partial charge in [-0.05, 0) is 57.6 Å². The summed E-state index contributed by atoms with van der Waals surface area (Å²) in [6, 6.07) is 39.5. The molecule has 0 spiro atoms. The van der Waals surface area contributed by atoms with E-state index in [0.29, 0.717) is 0 Å². The van der Waals surface area contributed by atoms with Crippen molar-refractivity contribution in [1.29, 1.82) is 0 Å². The van der Waals surface area contributed by atoms with E-state index in [4.69, 9.17) is 0 Å². The van der Waals surface area contributed by atoms with E-state index in [0.717, 1.165) is 44.5 Å². The summed E-state index contributed by atoms with van der Waals surface area (Å²) in [6.45, 7) is 0. The van der Waals surface area contributed by atoms with Crippen LogP contribution in [0.25, 0.3) is 44.5 Å². The van der Waals surface area contributed by atoms with E-state index in [2.05, 4.69) is 30.3 Å². The van der Waals surface area contributed by atoms with Crippen molar-refractivity contribution in [3.63, 3.8) is 0 Å². The molecular formula is C30H22O2. The van der Waals surface area contributed by atoms with Crippen molar-refractivity contribution >= 4 is 0 Å². The fourth-order valence-electron chi connectivity index (χ4n) is 4.15. The molecule has 2 heteroatoms. The van der Waals surface area contributed by atoms with Gasteiger partial charge in [0.05, 0.1) is 0 Å². The summed E-state index contributed by atoms with van der Waals surface area (Å²) in [4.78, 5) is 0. The zero-order valence-electron chi connectivity index (χ0n) is 17.4. The molecule has 0 amide bonds. The van der Waals surface area contributed by atoms with Gasteiger partial charge >= 0.3 is 0 Å². The number of rotatable bonds is 4. The van der Waals surface area contributed by atoms with E-state index in [1.807, 2.05) is 72.8 Å². The summed E-state index contributed by atoms with van der Waals surface area (Å²) in [5, 5.41) is 20.6. The summed E-state index contributed by atoms with van der Waals surface area (Å²) < 4.78 is 0. The normalized spacial score (nSPS) is 10.8. The lowest BCUT2D eigenvalue weighted by Gasteiger charge is -2.18. The number of phenols is 2. The third-order valence-corrected chi connectivity index (χ3v) is 5.68. The van der Waals surface area contributed by atoms with E-state index >= 15 is 0 Å². The van der Waals surface area contributed by atoms with Crippen LogP contribution in [0, 0.1) is 0 Å². The zero-order valence-corrected chi connectivity index (χ0v) is 17.4. The molecule has 0 saturated carbocycles. The van der Waals surface area contributed by atoms with Crippen LogP contribution in [0.5, 0.6) is 11.5 Å². The molecule has 0 bridgehead atoms. The summed E-state index contributed by atoms with van der Waals surface area (Å²) in [5.74, 6) is 0.510. The van der Waals surface area contributed by atoms with Crippen molar-refractivity contribution in [2.75, 3.05) is 0 Å². The lowest BCUT2D eigenvalue weighted by molar-refractivity contribution is 0.475. The van der Waals surface area contributed by atoms with E-state index in [1.54, 1.807) is 18.2 Å². The maximum Gasteiger partial charge on any atom is 0.124 e. The molecule has 154 valence electrons. The lowest BCUT2D eigenvalue weighted by Crippen LogP contribution is -1.92. The standard InChI is InChI=1S/C30H22O2/c31-26-16-14-21(15-17-26)24-12-7-13-25(20-24)27-18-19-28(32)30(23-10-5-2-6-11-23)29(27)22-8-3-1-4-9-22/h1-20,31-32H. The van der Waals surface area contributed by atoms with Gasteiger partial charge in [0.25, 0.3) is 0 Å². The summed E-state index contributed by atoms with van der Waals surface area (Å²) in [7, 11) is 0. The summed E-state index contributed by atoms with van der Waals surface area (Å²) in [5.41, 5.74) is 8.06. The second-order valence-electron chi connectivity index (χ2n) is 7.74. The van der Waals surface area contributed by atoms with Crippen LogP contribution in [-0.4, -0.2) is 10.2 Å². The molecule has 5 rings (SSSR count). The molecule has 0 aliphatic heterocycles. The van der Waals surface area contributed by atoms with E-state index in [-0.39, 0.29) is 11.5 Å². The van der Waals surface area contributed by atoms with Gasteiger partial charge in [-0.15, -0.1) is 0 Å². The Hall–Kier alpha value is -4.30. The minimum atomic E-state index is 0.252. The smallest absolute Gasteiger partial charge is 0.124 e. The fourth-order valence-corrected chi connectivity index (χ4v) is 4.15. The minimum absolute atomic E-state index is 0.252.